The third kappa shape index (κ3) is 2.97. The minimum atomic E-state index is 0.291. The van der Waals surface area contributed by atoms with E-state index in [1.165, 1.54) is 0 Å². The molecule has 0 aliphatic carbocycles. The van der Waals surface area contributed by atoms with Gasteiger partial charge < -0.3 is 9.47 Å². The van der Waals surface area contributed by atoms with E-state index in [2.05, 4.69) is 0 Å². The molecule has 0 saturated carbocycles. The Bertz CT molecular complexity index is 108. The molecule has 0 radical (unpaired) electrons. The van der Waals surface area contributed by atoms with Crippen LogP contribution in [0, 0.1) is 5.92 Å². The molecule has 3 heteroatoms. The maximum atomic E-state index is 6.08. The highest BCUT2D eigenvalue weighted by Crippen LogP contribution is 2.22. The van der Waals surface area contributed by atoms with Gasteiger partial charge in [-0.1, -0.05) is 0 Å². The lowest BCUT2D eigenvalue weighted by Crippen LogP contribution is -2.28. The minimum Gasteiger partial charge on any atom is -0.385 e. The molecule has 1 aliphatic rings. The molecule has 1 saturated heterocycles. The fraction of sp³-hybridized carbons (Fsp3) is 1.00. The summed E-state index contributed by atoms with van der Waals surface area (Å²) in [7, 11) is 1.72. The second-order valence-corrected chi connectivity index (χ2v) is 3.48. The molecule has 1 fully saturated rings. The average Bonchev–Trinajstić information content (AvgIpc) is 2.03. The van der Waals surface area contributed by atoms with E-state index in [0.717, 1.165) is 32.7 Å². The summed E-state index contributed by atoms with van der Waals surface area (Å²) in [6.07, 6.45) is 2.00. The van der Waals surface area contributed by atoms with Crippen molar-refractivity contribution in [3.63, 3.8) is 0 Å². The molecule has 2 nitrogen and oxygen atoms in total. The predicted octanol–water partition coefficient (Wildman–Crippen LogP) is 1.67. The van der Waals surface area contributed by atoms with Gasteiger partial charge in [0.1, 0.15) is 0 Å². The molecule has 1 rings (SSSR count). The number of halogens is 1. The monoisotopic (exact) mass is 178 g/mol. The molecule has 0 aromatic rings. The minimum absolute atomic E-state index is 0.291. The largest absolute Gasteiger partial charge is 0.385 e. The number of hydrogen-bond donors (Lipinski definition) is 0. The zero-order chi connectivity index (χ0) is 8.10. The predicted molar refractivity (Wildman–Crippen MR) is 45.1 cm³/mol. The summed E-state index contributed by atoms with van der Waals surface area (Å²) >= 11 is 6.08. The van der Waals surface area contributed by atoms with Crippen molar-refractivity contribution >= 4 is 11.6 Å². The van der Waals surface area contributed by atoms with Crippen molar-refractivity contribution in [2.45, 2.75) is 18.2 Å². The van der Waals surface area contributed by atoms with Crippen LogP contribution < -0.4 is 0 Å². The van der Waals surface area contributed by atoms with E-state index in [1.54, 1.807) is 7.11 Å². The van der Waals surface area contributed by atoms with E-state index in [4.69, 9.17) is 21.1 Å². The number of alkyl halides is 1. The quantitative estimate of drug-likeness (QED) is 0.613. The van der Waals surface area contributed by atoms with E-state index < -0.39 is 0 Å². The van der Waals surface area contributed by atoms with Gasteiger partial charge in [-0.05, 0) is 12.8 Å². The molecule has 1 aliphatic heterocycles. The number of methoxy groups -OCH3 is 1. The number of hydrogen-bond acceptors (Lipinski definition) is 2. The van der Waals surface area contributed by atoms with Crippen LogP contribution in [0.3, 0.4) is 0 Å². The van der Waals surface area contributed by atoms with Crippen molar-refractivity contribution in [3.05, 3.63) is 0 Å². The first-order chi connectivity index (χ1) is 5.34. The van der Waals surface area contributed by atoms with Crippen LogP contribution in [0.2, 0.25) is 0 Å². The van der Waals surface area contributed by atoms with Crippen LogP contribution in [0.4, 0.5) is 0 Å². The fourth-order valence-electron chi connectivity index (χ4n) is 1.30. The highest BCUT2D eigenvalue weighted by Gasteiger charge is 2.22. The Kier molecular flexibility index (Phi) is 4.20. The number of ether oxygens (including phenoxy) is 2. The Balaban J connectivity index is 2.18. The molecule has 2 atom stereocenters. The van der Waals surface area contributed by atoms with E-state index in [-0.39, 0.29) is 0 Å². The lowest BCUT2D eigenvalue weighted by atomic mass is 9.98. The van der Waals surface area contributed by atoms with E-state index in [1.807, 2.05) is 0 Å². The van der Waals surface area contributed by atoms with Crippen LogP contribution in [0.5, 0.6) is 0 Å². The third-order valence-corrected chi connectivity index (χ3v) is 2.65. The van der Waals surface area contributed by atoms with Crippen molar-refractivity contribution in [2.24, 2.45) is 5.92 Å². The van der Waals surface area contributed by atoms with E-state index in [0.29, 0.717) is 11.3 Å². The summed E-state index contributed by atoms with van der Waals surface area (Å²) in [6, 6.07) is 0. The van der Waals surface area contributed by atoms with Gasteiger partial charge in [0.25, 0.3) is 0 Å². The molecule has 0 spiro atoms. The normalized spacial score (nSPS) is 32.2. The molecular weight excluding hydrogens is 164 g/mol. The first kappa shape index (κ1) is 9.30. The zero-order valence-electron chi connectivity index (χ0n) is 6.88. The zero-order valence-corrected chi connectivity index (χ0v) is 7.64. The second-order valence-electron chi connectivity index (χ2n) is 2.92. The summed E-state index contributed by atoms with van der Waals surface area (Å²) in [6.45, 7) is 2.41. The smallest absolute Gasteiger partial charge is 0.0509 e. The third-order valence-electron chi connectivity index (χ3n) is 2.07. The fourth-order valence-corrected chi connectivity index (χ4v) is 1.59. The first-order valence-electron chi connectivity index (χ1n) is 4.05. The summed E-state index contributed by atoms with van der Waals surface area (Å²) in [4.78, 5) is 0. The maximum Gasteiger partial charge on any atom is 0.0509 e. The molecular formula is C8H15ClO2. The summed E-state index contributed by atoms with van der Waals surface area (Å²) in [5.74, 6) is 0.491. The number of rotatable bonds is 3. The summed E-state index contributed by atoms with van der Waals surface area (Å²) in [5.41, 5.74) is 0. The SMILES string of the molecule is COCCC1COCCC1Cl. The van der Waals surface area contributed by atoms with Crippen LogP contribution in [0.1, 0.15) is 12.8 Å². The van der Waals surface area contributed by atoms with Crippen LogP contribution >= 0.6 is 11.6 Å². The molecule has 0 aromatic carbocycles. The van der Waals surface area contributed by atoms with Gasteiger partial charge in [-0.15, -0.1) is 11.6 Å². The van der Waals surface area contributed by atoms with E-state index >= 15 is 0 Å². The molecule has 0 amide bonds. The summed E-state index contributed by atoms with van der Waals surface area (Å²) < 4.78 is 10.3. The van der Waals surface area contributed by atoms with Crippen LogP contribution in [0.15, 0.2) is 0 Å². The van der Waals surface area contributed by atoms with Gasteiger partial charge in [-0.2, -0.15) is 0 Å². The molecule has 0 bridgehead atoms. The van der Waals surface area contributed by atoms with Crippen LogP contribution in [-0.4, -0.2) is 32.3 Å². The van der Waals surface area contributed by atoms with Gasteiger partial charge in [0, 0.05) is 31.6 Å². The maximum absolute atomic E-state index is 6.08. The molecule has 2 unspecified atom stereocenters. The van der Waals surface area contributed by atoms with Crippen LogP contribution in [-0.2, 0) is 9.47 Å². The van der Waals surface area contributed by atoms with Crippen molar-refractivity contribution in [1.82, 2.24) is 0 Å². The standard InChI is InChI=1S/C8H15ClO2/c1-10-4-2-7-6-11-5-3-8(7)9/h7-8H,2-6H2,1H3. The van der Waals surface area contributed by atoms with Crippen molar-refractivity contribution in [1.29, 1.82) is 0 Å². The highest BCUT2D eigenvalue weighted by atomic mass is 35.5. The Morgan fingerprint density at radius 2 is 2.45 bits per heavy atom. The average molecular weight is 179 g/mol. The van der Waals surface area contributed by atoms with Gasteiger partial charge >= 0.3 is 0 Å². The lowest BCUT2D eigenvalue weighted by molar-refractivity contribution is 0.0432. The lowest BCUT2D eigenvalue weighted by Gasteiger charge is -2.26. The molecule has 11 heavy (non-hydrogen) atoms. The van der Waals surface area contributed by atoms with Gasteiger partial charge in [0.15, 0.2) is 0 Å². The molecule has 0 aromatic heterocycles. The molecule has 66 valence electrons. The molecule has 0 N–H and O–H groups in total. The van der Waals surface area contributed by atoms with Crippen molar-refractivity contribution in [2.75, 3.05) is 26.9 Å². The van der Waals surface area contributed by atoms with Crippen molar-refractivity contribution < 1.29 is 9.47 Å². The van der Waals surface area contributed by atoms with Gasteiger partial charge in [0.2, 0.25) is 0 Å². The van der Waals surface area contributed by atoms with Gasteiger partial charge in [-0.3, -0.25) is 0 Å². The van der Waals surface area contributed by atoms with E-state index in [9.17, 15) is 0 Å². The van der Waals surface area contributed by atoms with Crippen molar-refractivity contribution in [3.8, 4) is 0 Å². The Hall–Kier alpha value is 0.210. The Labute approximate surface area is 72.8 Å². The Morgan fingerprint density at radius 3 is 3.09 bits per heavy atom. The highest BCUT2D eigenvalue weighted by molar-refractivity contribution is 6.20. The summed E-state index contributed by atoms with van der Waals surface area (Å²) in [5, 5.41) is 0.291. The first-order valence-corrected chi connectivity index (χ1v) is 4.49. The second kappa shape index (κ2) is 4.96. The van der Waals surface area contributed by atoms with Crippen LogP contribution in [0.25, 0.3) is 0 Å². The topological polar surface area (TPSA) is 18.5 Å². The Morgan fingerprint density at radius 1 is 1.64 bits per heavy atom. The van der Waals surface area contributed by atoms with Gasteiger partial charge in [0.05, 0.1) is 6.61 Å². The molecule has 1 heterocycles. The van der Waals surface area contributed by atoms with Gasteiger partial charge in [-0.25, -0.2) is 0 Å².